The molecule has 2 aromatic carbocycles. The summed E-state index contributed by atoms with van der Waals surface area (Å²) in [5.41, 5.74) is -5.70. The number of alkyl halides is 3. The fraction of sp³-hybridized carbons (Fsp3) is 0.333. The first-order valence-electron chi connectivity index (χ1n) is 9.49. The summed E-state index contributed by atoms with van der Waals surface area (Å²) < 4.78 is 74.2. The number of amides is 1. The highest BCUT2D eigenvalue weighted by molar-refractivity contribution is 7.88. The summed E-state index contributed by atoms with van der Waals surface area (Å²) in [7, 11) is -5.86. The smallest absolute Gasteiger partial charge is 0.459 e. The lowest BCUT2D eigenvalue weighted by Crippen LogP contribution is -2.38. The molecule has 0 fully saturated rings. The molecule has 0 aromatic heterocycles. The second kappa shape index (κ2) is 10.1. The number of carbonyl (C=O) groups excluding carboxylic acids is 2. The molecule has 1 N–H and O–H groups in total. The predicted molar refractivity (Wildman–Crippen MR) is 110 cm³/mol. The molecule has 2 rings (SSSR count). The van der Waals surface area contributed by atoms with Crippen molar-refractivity contribution >= 4 is 22.2 Å². The van der Waals surface area contributed by atoms with Crippen LogP contribution in [0, 0.1) is 0 Å². The molecule has 0 aliphatic carbocycles. The number of esters is 1. The largest absolute Gasteiger partial charge is 0.534 e. The zero-order valence-corrected chi connectivity index (χ0v) is 18.7. The van der Waals surface area contributed by atoms with Crippen LogP contribution in [0.1, 0.15) is 37.9 Å². The Labute approximate surface area is 188 Å². The minimum Gasteiger partial charge on any atom is -0.459 e. The summed E-state index contributed by atoms with van der Waals surface area (Å²) in [5, 5.41) is 2.34. The van der Waals surface area contributed by atoms with E-state index in [0.29, 0.717) is 5.56 Å². The molecule has 0 aliphatic rings. The number of alkyl carbamates (subject to hydrolysis) is 1. The molecule has 1 unspecified atom stereocenters. The average molecular weight is 489 g/mol. The molecule has 33 heavy (non-hydrogen) atoms. The maximum absolute atomic E-state index is 12.7. The number of ether oxygens (including phenoxy) is 2. The molecule has 0 aliphatic heterocycles. The Bertz CT molecular complexity index is 1060. The van der Waals surface area contributed by atoms with E-state index in [-0.39, 0.29) is 12.2 Å². The zero-order valence-electron chi connectivity index (χ0n) is 17.9. The van der Waals surface area contributed by atoms with Crippen molar-refractivity contribution in [2.45, 2.75) is 44.5 Å². The number of nitrogens with one attached hydrogen (secondary N) is 1. The van der Waals surface area contributed by atoms with Crippen LogP contribution in [0.25, 0.3) is 0 Å². The van der Waals surface area contributed by atoms with Crippen molar-refractivity contribution in [1.29, 1.82) is 0 Å². The van der Waals surface area contributed by atoms with Crippen molar-refractivity contribution in [2.75, 3.05) is 0 Å². The fourth-order valence-corrected chi connectivity index (χ4v) is 2.86. The third-order valence-corrected chi connectivity index (χ3v) is 4.80. The monoisotopic (exact) mass is 489 g/mol. The van der Waals surface area contributed by atoms with Crippen molar-refractivity contribution in [3.8, 4) is 5.75 Å². The lowest BCUT2D eigenvalue weighted by Gasteiger charge is -2.23. The molecule has 0 heterocycles. The first-order valence-corrected chi connectivity index (χ1v) is 10.9. The Balaban J connectivity index is 2.22. The molecule has 1 amide bonds. The maximum atomic E-state index is 12.7. The van der Waals surface area contributed by atoms with Crippen LogP contribution in [0.15, 0.2) is 54.6 Å². The average Bonchev–Trinajstić information content (AvgIpc) is 2.69. The number of hydrogen-bond donors (Lipinski definition) is 1. The Kier molecular flexibility index (Phi) is 7.96. The quantitative estimate of drug-likeness (QED) is 0.352. The number of rotatable bonds is 7. The normalized spacial score (nSPS) is 13.0. The molecule has 0 spiro atoms. The summed E-state index contributed by atoms with van der Waals surface area (Å²) in [6.07, 6.45) is -0.941. The first kappa shape index (κ1) is 26.0. The number of halogens is 3. The van der Waals surface area contributed by atoms with Gasteiger partial charge in [0.25, 0.3) is 0 Å². The summed E-state index contributed by atoms with van der Waals surface area (Å²) >= 11 is 0. The minimum absolute atomic E-state index is 0.0932. The van der Waals surface area contributed by atoms with Gasteiger partial charge in [0.15, 0.2) is 6.04 Å². The van der Waals surface area contributed by atoms with Gasteiger partial charge in [0.2, 0.25) is 0 Å². The van der Waals surface area contributed by atoms with Gasteiger partial charge in [0, 0.05) is 0 Å². The van der Waals surface area contributed by atoms with Gasteiger partial charge in [-0.2, -0.15) is 21.6 Å². The Hall–Kier alpha value is -3.28. The zero-order chi connectivity index (χ0) is 24.9. The van der Waals surface area contributed by atoms with Crippen LogP contribution < -0.4 is 9.50 Å². The van der Waals surface area contributed by atoms with Crippen LogP contribution in [0.3, 0.4) is 0 Å². The Morgan fingerprint density at radius 2 is 1.55 bits per heavy atom. The molecule has 1 atom stereocenters. The van der Waals surface area contributed by atoms with Crippen molar-refractivity contribution in [3.05, 3.63) is 65.7 Å². The second-order valence-corrected chi connectivity index (χ2v) is 9.26. The first-order chi connectivity index (χ1) is 15.2. The minimum atomic E-state index is -5.86. The van der Waals surface area contributed by atoms with E-state index in [1.54, 1.807) is 51.1 Å². The highest BCUT2D eigenvalue weighted by atomic mass is 32.2. The SMILES string of the molecule is CC(C)(C)OC(=O)NC(C(=O)OCc1ccccc1)c1ccc(OS(=O)(=O)C(F)(F)F)cc1. The summed E-state index contributed by atoms with van der Waals surface area (Å²) in [6.45, 7) is 4.74. The Morgan fingerprint density at radius 1 is 0.970 bits per heavy atom. The highest BCUT2D eigenvalue weighted by Crippen LogP contribution is 2.28. The van der Waals surface area contributed by atoms with Gasteiger partial charge in [-0.3, -0.25) is 0 Å². The van der Waals surface area contributed by atoms with E-state index in [1.165, 1.54) is 0 Å². The fourth-order valence-electron chi connectivity index (χ4n) is 2.41. The topological polar surface area (TPSA) is 108 Å². The van der Waals surface area contributed by atoms with Gasteiger partial charge >= 0.3 is 27.7 Å². The van der Waals surface area contributed by atoms with Gasteiger partial charge in [-0.1, -0.05) is 42.5 Å². The highest BCUT2D eigenvalue weighted by Gasteiger charge is 2.48. The van der Waals surface area contributed by atoms with Gasteiger partial charge in [0.05, 0.1) is 0 Å². The molecule has 0 radical (unpaired) electrons. The van der Waals surface area contributed by atoms with E-state index < -0.39 is 45.1 Å². The lowest BCUT2D eigenvalue weighted by molar-refractivity contribution is -0.147. The van der Waals surface area contributed by atoms with E-state index in [9.17, 15) is 31.2 Å². The van der Waals surface area contributed by atoms with Gasteiger partial charge in [-0.25, -0.2) is 9.59 Å². The van der Waals surface area contributed by atoms with Crippen LogP contribution in [0.5, 0.6) is 5.75 Å². The summed E-state index contributed by atoms with van der Waals surface area (Å²) in [6, 6.07) is 11.4. The third kappa shape index (κ3) is 7.97. The van der Waals surface area contributed by atoms with Crippen molar-refractivity contribution in [2.24, 2.45) is 0 Å². The number of hydrogen-bond acceptors (Lipinski definition) is 7. The molecule has 0 saturated heterocycles. The maximum Gasteiger partial charge on any atom is 0.534 e. The van der Waals surface area contributed by atoms with Crippen molar-refractivity contribution in [3.63, 3.8) is 0 Å². The second-order valence-electron chi connectivity index (χ2n) is 7.72. The standard InChI is InChI=1S/C21H22F3NO7S/c1-20(2,3)31-19(27)25-17(18(26)30-13-14-7-5-4-6-8-14)15-9-11-16(12-10-15)32-33(28,29)21(22,23)24/h4-12,17H,13H2,1-3H3,(H,25,27). The van der Waals surface area contributed by atoms with E-state index in [0.717, 1.165) is 24.3 Å². The van der Waals surface area contributed by atoms with Crippen LogP contribution in [-0.2, 0) is 31.0 Å². The molecule has 12 heteroatoms. The van der Waals surface area contributed by atoms with Gasteiger partial charge in [-0.15, -0.1) is 0 Å². The molecule has 180 valence electrons. The molecule has 0 saturated carbocycles. The third-order valence-electron chi connectivity index (χ3n) is 3.82. The molecular formula is C21H22F3NO7S. The number of benzene rings is 2. The molecule has 2 aromatic rings. The van der Waals surface area contributed by atoms with E-state index in [4.69, 9.17) is 9.47 Å². The van der Waals surface area contributed by atoms with Crippen LogP contribution in [-0.4, -0.2) is 31.6 Å². The molecule has 0 bridgehead atoms. The number of carbonyl (C=O) groups is 2. The lowest BCUT2D eigenvalue weighted by atomic mass is 10.1. The predicted octanol–water partition coefficient (Wildman–Crippen LogP) is 4.22. The Morgan fingerprint density at radius 3 is 2.06 bits per heavy atom. The van der Waals surface area contributed by atoms with Crippen molar-refractivity contribution in [1.82, 2.24) is 5.32 Å². The van der Waals surface area contributed by atoms with Gasteiger partial charge < -0.3 is 19.0 Å². The van der Waals surface area contributed by atoms with Gasteiger partial charge in [-0.05, 0) is 44.0 Å². The van der Waals surface area contributed by atoms with E-state index in [1.807, 2.05) is 0 Å². The summed E-state index contributed by atoms with van der Waals surface area (Å²) in [5.74, 6) is -1.51. The summed E-state index contributed by atoms with van der Waals surface area (Å²) in [4.78, 5) is 24.9. The van der Waals surface area contributed by atoms with Crippen LogP contribution in [0.2, 0.25) is 0 Å². The van der Waals surface area contributed by atoms with E-state index >= 15 is 0 Å². The van der Waals surface area contributed by atoms with E-state index in [2.05, 4.69) is 9.50 Å². The van der Waals surface area contributed by atoms with Crippen molar-refractivity contribution < 1.29 is 44.8 Å². The van der Waals surface area contributed by atoms with Crippen LogP contribution in [0.4, 0.5) is 18.0 Å². The van der Waals surface area contributed by atoms with Crippen LogP contribution >= 0.6 is 0 Å². The molecule has 8 nitrogen and oxygen atoms in total. The molecular weight excluding hydrogens is 467 g/mol. The van der Waals surface area contributed by atoms with Gasteiger partial charge in [0.1, 0.15) is 18.0 Å².